The van der Waals surface area contributed by atoms with Crippen molar-refractivity contribution in [2.45, 2.75) is 32.7 Å². The van der Waals surface area contributed by atoms with Crippen molar-refractivity contribution in [1.29, 1.82) is 0 Å². The van der Waals surface area contributed by atoms with E-state index in [0.29, 0.717) is 6.42 Å². The number of hydrogen-bond acceptors (Lipinski definition) is 4. The third-order valence-corrected chi connectivity index (χ3v) is 2.06. The average Bonchev–Trinajstić information content (AvgIpc) is 2.29. The lowest BCUT2D eigenvalue weighted by molar-refractivity contribution is -0.171. The molecular weight excluding hydrogens is 160 g/mol. The Bertz CT molecular complexity index is 168. The van der Waals surface area contributed by atoms with Crippen LogP contribution in [0.3, 0.4) is 0 Å². The Hall–Kier alpha value is -0.610. The zero-order valence-electron chi connectivity index (χ0n) is 7.32. The van der Waals surface area contributed by atoms with Crippen molar-refractivity contribution in [3.8, 4) is 0 Å². The second kappa shape index (κ2) is 3.87. The summed E-state index contributed by atoms with van der Waals surface area (Å²) in [5.74, 6) is -0.250. The Morgan fingerprint density at radius 3 is 2.83 bits per heavy atom. The third-order valence-electron chi connectivity index (χ3n) is 2.06. The van der Waals surface area contributed by atoms with Crippen molar-refractivity contribution < 1.29 is 19.4 Å². The fraction of sp³-hybridized carbons (Fsp3) is 0.875. The molecule has 0 aromatic rings. The number of carbonyl (C=O) groups excluding carboxylic acids is 1. The van der Waals surface area contributed by atoms with E-state index < -0.39 is 6.29 Å². The van der Waals surface area contributed by atoms with Crippen LogP contribution in [0.15, 0.2) is 0 Å². The van der Waals surface area contributed by atoms with Gasteiger partial charge in [0.15, 0.2) is 0 Å². The number of aliphatic hydroxyl groups is 1. The van der Waals surface area contributed by atoms with E-state index in [9.17, 15) is 4.79 Å². The minimum atomic E-state index is -0.463. The maximum Gasteiger partial charge on any atom is 0.304 e. The molecule has 0 aliphatic carbocycles. The minimum absolute atomic E-state index is 0.0284. The Balaban J connectivity index is 2.37. The van der Waals surface area contributed by atoms with E-state index in [-0.39, 0.29) is 24.6 Å². The summed E-state index contributed by atoms with van der Waals surface area (Å²) in [4.78, 5) is 10.5. The summed E-state index contributed by atoms with van der Waals surface area (Å²) < 4.78 is 10.1. The molecule has 4 heteroatoms. The van der Waals surface area contributed by atoms with Crippen LogP contribution in [0.5, 0.6) is 0 Å². The fourth-order valence-electron chi connectivity index (χ4n) is 1.33. The predicted octanol–water partition coefficient (Wildman–Crippen LogP) is 0.293. The van der Waals surface area contributed by atoms with Gasteiger partial charge in [0.05, 0.1) is 6.10 Å². The second-order valence-electron chi connectivity index (χ2n) is 3.06. The van der Waals surface area contributed by atoms with E-state index in [4.69, 9.17) is 14.6 Å². The van der Waals surface area contributed by atoms with Crippen LogP contribution in [-0.4, -0.2) is 30.1 Å². The molecule has 0 radical (unpaired) electrons. The van der Waals surface area contributed by atoms with Crippen molar-refractivity contribution in [1.82, 2.24) is 0 Å². The summed E-state index contributed by atoms with van der Waals surface area (Å²) in [6.45, 7) is 3.30. The zero-order chi connectivity index (χ0) is 9.14. The van der Waals surface area contributed by atoms with Crippen molar-refractivity contribution in [2.75, 3.05) is 6.61 Å². The number of hydrogen-bond donors (Lipinski definition) is 1. The highest BCUT2D eigenvalue weighted by atomic mass is 16.7. The summed E-state index contributed by atoms with van der Waals surface area (Å²) in [6, 6.07) is 0. The highest BCUT2D eigenvalue weighted by Gasteiger charge is 2.33. The number of aliphatic hydroxyl groups excluding tert-OH is 1. The molecule has 0 spiro atoms. The monoisotopic (exact) mass is 174 g/mol. The van der Waals surface area contributed by atoms with Crippen LogP contribution < -0.4 is 0 Å². The molecule has 1 N–H and O–H groups in total. The molecule has 0 saturated carbocycles. The Morgan fingerprint density at radius 1 is 1.75 bits per heavy atom. The molecule has 3 unspecified atom stereocenters. The molecule has 4 nitrogen and oxygen atoms in total. The first kappa shape index (κ1) is 9.48. The van der Waals surface area contributed by atoms with Crippen LogP contribution in [0.1, 0.15) is 20.3 Å². The Labute approximate surface area is 71.5 Å². The molecule has 0 bridgehead atoms. The van der Waals surface area contributed by atoms with Crippen LogP contribution in [0.4, 0.5) is 0 Å². The van der Waals surface area contributed by atoms with E-state index in [0.717, 1.165) is 0 Å². The number of esters is 1. The first-order valence-electron chi connectivity index (χ1n) is 4.07. The maximum atomic E-state index is 10.5. The van der Waals surface area contributed by atoms with Gasteiger partial charge in [-0.05, 0) is 6.92 Å². The van der Waals surface area contributed by atoms with Gasteiger partial charge in [0.25, 0.3) is 0 Å². The van der Waals surface area contributed by atoms with Crippen molar-refractivity contribution >= 4 is 5.97 Å². The largest absolute Gasteiger partial charge is 0.436 e. The quantitative estimate of drug-likeness (QED) is 0.611. The topological polar surface area (TPSA) is 55.8 Å². The Kier molecular flexibility index (Phi) is 3.05. The van der Waals surface area contributed by atoms with E-state index in [1.165, 1.54) is 6.92 Å². The summed E-state index contributed by atoms with van der Waals surface area (Å²) >= 11 is 0. The van der Waals surface area contributed by atoms with Crippen molar-refractivity contribution in [3.63, 3.8) is 0 Å². The van der Waals surface area contributed by atoms with E-state index >= 15 is 0 Å². The molecule has 0 aromatic heterocycles. The highest BCUT2D eigenvalue weighted by molar-refractivity contribution is 5.66. The molecule has 1 aliphatic heterocycles. The van der Waals surface area contributed by atoms with E-state index in [1.54, 1.807) is 0 Å². The van der Waals surface area contributed by atoms with Gasteiger partial charge < -0.3 is 14.6 Å². The molecule has 1 saturated heterocycles. The van der Waals surface area contributed by atoms with E-state index in [1.807, 2.05) is 6.92 Å². The number of carbonyl (C=O) groups is 1. The van der Waals surface area contributed by atoms with Gasteiger partial charge in [0.1, 0.15) is 0 Å². The molecule has 1 aliphatic rings. The Morgan fingerprint density at radius 2 is 2.42 bits per heavy atom. The highest BCUT2D eigenvalue weighted by Crippen LogP contribution is 2.26. The molecule has 70 valence electrons. The molecule has 0 amide bonds. The molecular formula is C8H14O4. The van der Waals surface area contributed by atoms with Gasteiger partial charge in [-0.3, -0.25) is 4.79 Å². The van der Waals surface area contributed by atoms with Crippen molar-refractivity contribution in [3.05, 3.63) is 0 Å². The fourth-order valence-corrected chi connectivity index (χ4v) is 1.33. The summed E-state index contributed by atoms with van der Waals surface area (Å²) in [6.07, 6.45) is 0.103. The minimum Gasteiger partial charge on any atom is -0.436 e. The average molecular weight is 174 g/mol. The first-order valence-corrected chi connectivity index (χ1v) is 4.07. The summed E-state index contributed by atoms with van der Waals surface area (Å²) in [5, 5.41) is 8.87. The van der Waals surface area contributed by atoms with Gasteiger partial charge in [-0.2, -0.15) is 0 Å². The predicted molar refractivity (Wildman–Crippen MR) is 41.3 cm³/mol. The van der Waals surface area contributed by atoms with Crippen LogP contribution in [0.25, 0.3) is 0 Å². The maximum absolute atomic E-state index is 10.5. The number of ether oxygens (including phenoxy) is 2. The van der Waals surface area contributed by atoms with Gasteiger partial charge in [-0.25, -0.2) is 0 Å². The van der Waals surface area contributed by atoms with Crippen LogP contribution >= 0.6 is 0 Å². The lowest BCUT2D eigenvalue weighted by Gasteiger charge is -2.10. The van der Waals surface area contributed by atoms with Gasteiger partial charge in [0.2, 0.25) is 6.29 Å². The van der Waals surface area contributed by atoms with E-state index in [2.05, 4.69) is 0 Å². The third kappa shape index (κ3) is 2.19. The molecule has 1 fully saturated rings. The smallest absolute Gasteiger partial charge is 0.304 e. The SMILES string of the molecule is CC(=O)OC1CC(CO)C(C)O1. The summed E-state index contributed by atoms with van der Waals surface area (Å²) in [5.41, 5.74) is 0. The normalized spacial score (nSPS) is 35.1. The van der Waals surface area contributed by atoms with Gasteiger partial charge in [0, 0.05) is 25.9 Å². The van der Waals surface area contributed by atoms with Gasteiger partial charge in [-0.15, -0.1) is 0 Å². The van der Waals surface area contributed by atoms with Crippen LogP contribution in [-0.2, 0) is 14.3 Å². The standard InChI is InChI=1S/C8H14O4/c1-5-7(4-9)3-8(11-5)12-6(2)10/h5,7-9H,3-4H2,1-2H3. The van der Waals surface area contributed by atoms with Crippen molar-refractivity contribution in [2.24, 2.45) is 5.92 Å². The van der Waals surface area contributed by atoms with Gasteiger partial charge in [-0.1, -0.05) is 0 Å². The second-order valence-corrected chi connectivity index (χ2v) is 3.06. The first-order chi connectivity index (χ1) is 5.63. The molecule has 1 rings (SSSR count). The van der Waals surface area contributed by atoms with Gasteiger partial charge >= 0.3 is 5.97 Å². The molecule has 12 heavy (non-hydrogen) atoms. The number of rotatable bonds is 2. The molecule has 3 atom stereocenters. The molecule has 0 aromatic carbocycles. The van der Waals surface area contributed by atoms with Crippen LogP contribution in [0, 0.1) is 5.92 Å². The lowest BCUT2D eigenvalue weighted by Crippen LogP contribution is -2.15. The van der Waals surface area contributed by atoms with Crippen LogP contribution in [0.2, 0.25) is 0 Å². The molecule has 1 heterocycles. The zero-order valence-corrected chi connectivity index (χ0v) is 7.32. The summed E-state index contributed by atoms with van der Waals surface area (Å²) in [7, 11) is 0. The lowest BCUT2D eigenvalue weighted by atomic mass is 10.0.